The van der Waals surface area contributed by atoms with Crippen molar-refractivity contribution >= 4 is 29.3 Å². The molecule has 0 aliphatic carbocycles. The van der Waals surface area contributed by atoms with E-state index in [0.29, 0.717) is 35.7 Å². The number of nitrogens with zero attached hydrogens (tertiary/aromatic N) is 1. The maximum absolute atomic E-state index is 14.2. The van der Waals surface area contributed by atoms with E-state index in [1.54, 1.807) is 18.2 Å². The van der Waals surface area contributed by atoms with E-state index in [2.05, 4.69) is 10.6 Å². The minimum absolute atomic E-state index is 0.00838. The third-order valence-electron chi connectivity index (χ3n) is 5.92. The van der Waals surface area contributed by atoms with Crippen LogP contribution in [0.25, 0.3) is 0 Å². The molecule has 0 unspecified atom stereocenters. The van der Waals surface area contributed by atoms with Crippen LogP contribution in [0, 0.1) is 11.7 Å². The molecule has 10 heteroatoms. The number of hydrogen-bond acceptors (Lipinski definition) is 5. The van der Waals surface area contributed by atoms with Gasteiger partial charge in [-0.15, -0.1) is 0 Å². The van der Waals surface area contributed by atoms with Crippen molar-refractivity contribution in [3.63, 3.8) is 0 Å². The number of nitrogens with one attached hydrogen (secondary N) is 2. The van der Waals surface area contributed by atoms with Crippen LogP contribution in [0.3, 0.4) is 0 Å². The number of halogens is 2. The van der Waals surface area contributed by atoms with Gasteiger partial charge in [0.25, 0.3) is 11.8 Å². The lowest BCUT2D eigenvalue weighted by Gasteiger charge is -2.26. The molecule has 1 atom stereocenters. The first-order chi connectivity index (χ1) is 17.2. The predicted octanol–water partition coefficient (Wildman–Crippen LogP) is 3.67. The summed E-state index contributed by atoms with van der Waals surface area (Å²) >= 11 is 6.10. The summed E-state index contributed by atoms with van der Waals surface area (Å²) in [7, 11) is 1.34. The Labute approximate surface area is 215 Å². The zero-order chi connectivity index (χ0) is 26.2. The Hall–Kier alpha value is -3.33. The van der Waals surface area contributed by atoms with Crippen LogP contribution >= 0.6 is 11.6 Å². The molecule has 8 nitrogen and oxygen atoms in total. The number of carbonyl (C=O) groups excluding carboxylic acids is 3. The molecule has 1 aliphatic rings. The van der Waals surface area contributed by atoms with Crippen LogP contribution < -0.4 is 20.1 Å². The molecule has 2 aromatic rings. The molecule has 0 radical (unpaired) electrons. The van der Waals surface area contributed by atoms with Crippen LogP contribution in [-0.2, 0) is 4.79 Å². The lowest BCUT2D eigenvalue weighted by Crippen LogP contribution is -2.48. The van der Waals surface area contributed by atoms with Gasteiger partial charge in [-0.05, 0) is 55.2 Å². The average molecular weight is 520 g/mol. The number of ether oxygens (including phenoxy) is 2. The quantitative estimate of drug-likeness (QED) is 0.645. The van der Waals surface area contributed by atoms with Gasteiger partial charge in [0.1, 0.15) is 12.4 Å². The summed E-state index contributed by atoms with van der Waals surface area (Å²) in [5.41, 5.74) is 0.424. The number of fused-ring (bicyclic) bond motifs is 1. The number of amides is 3. The van der Waals surface area contributed by atoms with Crippen molar-refractivity contribution in [1.29, 1.82) is 0 Å². The second kappa shape index (κ2) is 12.6. The Morgan fingerprint density at radius 1 is 1.19 bits per heavy atom. The largest absolute Gasteiger partial charge is 0.494 e. The number of hydrogen-bond donors (Lipinski definition) is 2. The monoisotopic (exact) mass is 519 g/mol. The van der Waals surface area contributed by atoms with E-state index in [0.717, 1.165) is 6.07 Å². The van der Waals surface area contributed by atoms with Gasteiger partial charge in [-0.25, -0.2) is 4.39 Å². The Balaban J connectivity index is 1.83. The van der Waals surface area contributed by atoms with Crippen LogP contribution in [0.4, 0.5) is 4.39 Å². The molecule has 1 heterocycles. The summed E-state index contributed by atoms with van der Waals surface area (Å²) in [5, 5.41) is 6.18. The minimum atomic E-state index is -0.662. The normalized spacial score (nSPS) is 17.7. The van der Waals surface area contributed by atoms with Gasteiger partial charge in [0.05, 0.1) is 25.3 Å². The highest BCUT2D eigenvalue weighted by Crippen LogP contribution is 2.24. The number of methoxy groups -OCH3 is 1. The summed E-state index contributed by atoms with van der Waals surface area (Å²) in [5.74, 6) is -1.42. The highest BCUT2D eigenvalue weighted by atomic mass is 35.5. The smallest absolute Gasteiger partial charge is 0.255 e. The summed E-state index contributed by atoms with van der Waals surface area (Å²) in [4.78, 5) is 40.3. The van der Waals surface area contributed by atoms with Gasteiger partial charge in [-0.1, -0.05) is 25.4 Å². The van der Waals surface area contributed by atoms with E-state index in [1.807, 2.05) is 13.8 Å². The lowest BCUT2D eigenvalue weighted by molar-refractivity contribution is -0.123. The van der Waals surface area contributed by atoms with Gasteiger partial charge in [-0.3, -0.25) is 14.4 Å². The van der Waals surface area contributed by atoms with E-state index in [-0.39, 0.29) is 54.8 Å². The van der Waals surface area contributed by atoms with Crippen LogP contribution in [0.1, 0.15) is 47.4 Å². The van der Waals surface area contributed by atoms with Gasteiger partial charge >= 0.3 is 0 Å². The van der Waals surface area contributed by atoms with E-state index < -0.39 is 11.7 Å². The van der Waals surface area contributed by atoms with E-state index in [1.165, 1.54) is 24.1 Å². The predicted molar refractivity (Wildman–Crippen MR) is 134 cm³/mol. The fraction of sp³-hybridized carbons (Fsp3) is 0.423. The molecule has 3 rings (SSSR count). The summed E-state index contributed by atoms with van der Waals surface area (Å²) < 4.78 is 25.1. The first-order valence-corrected chi connectivity index (χ1v) is 12.2. The number of rotatable bonds is 3. The first kappa shape index (κ1) is 27.3. The Morgan fingerprint density at radius 2 is 1.97 bits per heavy atom. The van der Waals surface area contributed by atoms with Crippen molar-refractivity contribution in [3.8, 4) is 11.5 Å². The molecular weight excluding hydrogens is 489 g/mol. The van der Waals surface area contributed by atoms with Gasteiger partial charge < -0.3 is 25.0 Å². The molecular formula is C26H31ClFN3O5. The molecule has 1 aliphatic heterocycles. The molecule has 0 saturated heterocycles. The SMILES string of the molecule is COc1ccc(C(=O)N2CCCCNC(=O)c3cc(Cl)ccc3OC[C@@H](C(C)C)NC(=O)C2)cc1F. The molecule has 0 bridgehead atoms. The van der Waals surface area contributed by atoms with Crippen LogP contribution in [0.5, 0.6) is 11.5 Å². The number of benzene rings is 2. The summed E-state index contributed by atoms with van der Waals surface area (Å²) in [6, 6.07) is 8.36. The van der Waals surface area contributed by atoms with Crippen LogP contribution in [-0.4, -0.2) is 62.0 Å². The van der Waals surface area contributed by atoms with Gasteiger partial charge in [0.2, 0.25) is 5.91 Å². The standard InChI is InChI=1S/C26H31ClFN3O5/c1-16(2)21-15-36-22-9-7-18(27)13-19(22)25(33)29-10-4-5-11-31(14-24(32)30-21)26(34)17-6-8-23(35-3)20(28)12-17/h6-9,12-13,16,21H,4-5,10-11,14-15H2,1-3H3,(H,29,33)(H,30,32)/t21-/m0/s1. The highest BCUT2D eigenvalue weighted by molar-refractivity contribution is 6.31. The Bertz CT molecular complexity index is 1110. The zero-order valence-electron chi connectivity index (χ0n) is 20.6. The van der Waals surface area contributed by atoms with Crippen LogP contribution in [0.15, 0.2) is 36.4 Å². The first-order valence-electron chi connectivity index (χ1n) is 11.8. The Kier molecular flexibility index (Phi) is 9.52. The topological polar surface area (TPSA) is 97.0 Å². The van der Waals surface area contributed by atoms with Crippen molar-refractivity contribution in [1.82, 2.24) is 15.5 Å². The third kappa shape index (κ3) is 7.10. The van der Waals surface area contributed by atoms with Crippen molar-refractivity contribution in [3.05, 3.63) is 58.4 Å². The fourth-order valence-electron chi connectivity index (χ4n) is 3.77. The minimum Gasteiger partial charge on any atom is -0.494 e. The molecule has 36 heavy (non-hydrogen) atoms. The summed E-state index contributed by atoms with van der Waals surface area (Å²) in [6.45, 7) is 4.38. The van der Waals surface area contributed by atoms with Crippen molar-refractivity contribution in [2.24, 2.45) is 5.92 Å². The molecule has 194 valence electrons. The van der Waals surface area contributed by atoms with Crippen molar-refractivity contribution in [2.45, 2.75) is 32.7 Å². The van der Waals surface area contributed by atoms with E-state index >= 15 is 0 Å². The van der Waals surface area contributed by atoms with Crippen molar-refractivity contribution in [2.75, 3.05) is 33.4 Å². The van der Waals surface area contributed by atoms with E-state index in [9.17, 15) is 18.8 Å². The molecule has 0 spiro atoms. The highest BCUT2D eigenvalue weighted by Gasteiger charge is 2.24. The second-order valence-electron chi connectivity index (χ2n) is 8.91. The fourth-order valence-corrected chi connectivity index (χ4v) is 3.94. The third-order valence-corrected chi connectivity index (χ3v) is 6.15. The molecule has 2 aromatic carbocycles. The maximum Gasteiger partial charge on any atom is 0.255 e. The van der Waals surface area contributed by atoms with Gasteiger partial charge in [-0.2, -0.15) is 0 Å². The van der Waals surface area contributed by atoms with Gasteiger partial charge in [0, 0.05) is 23.7 Å². The average Bonchev–Trinajstić information content (AvgIpc) is 2.85. The molecule has 0 aromatic heterocycles. The zero-order valence-corrected chi connectivity index (χ0v) is 21.4. The summed E-state index contributed by atoms with van der Waals surface area (Å²) in [6.07, 6.45) is 1.07. The second-order valence-corrected chi connectivity index (χ2v) is 9.34. The number of carbonyl (C=O) groups is 3. The van der Waals surface area contributed by atoms with Gasteiger partial charge in [0.15, 0.2) is 11.6 Å². The van der Waals surface area contributed by atoms with Crippen molar-refractivity contribution < 1.29 is 28.2 Å². The molecule has 2 N–H and O–H groups in total. The van der Waals surface area contributed by atoms with E-state index in [4.69, 9.17) is 21.1 Å². The maximum atomic E-state index is 14.2. The molecule has 0 saturated carbocycles. The Morgan fingerprint density at radius 3 is 2.67 bits per heavy atom. The van der Waals surface area contributed by atoms with Crippen LogP contribution in [0.2, 0.25) is 5.02 Å². The molecule has 3 amide bonds. The molecule has 0 fully saturated rings. The lowest BCUT2D eigenvalue weighted by atomic mass is 10.1.